The van der Waals surface area contributed by atoms with Gasteiger partial charge in [-0.3, -0.25) is 43.4 Å². The Balaban J connectivity index is -0.000000660. The molecular weight excluding hydrogens is 1740 g/mol. The average Bonchev–Trinajstić information content (AvgIpc) is 1.13. The van der Waals surface area contributed by atoms with Crippen LogP contribution in [0.15, 0.2) is 208 Å². The Kier molecular flexibility index (Phi) is 57.9. The maximum absolute atomic E-state index is 13.0. The summed E-state index contributed by atoms with van der Waals surface area (Å²) in [6.07, 6.45) is 21.4. The van der Waals surface area contributed by atoms with E-state index in [9.17, 15) is 60.9 Å². The topological polar surface area (TPSA) is 395 Å². The van der Waals surface area contributed by atoms with Crippen molar-refractivity contribution in [3.63, 3.8) is 0 Å². The molecule has 662 valence electrons. The van der Waals surface area contributed by atoms with E-state index in [4.69, 9.17) is 26.5 Å². The summed E-state index contributed by atoms with van der Waals surface area (Å²) < 4.78 is 163. The number of pyridine rings is 5. The summed E-state index contributed by atoms with van der Waals surface area (Å²) in [4.78, 5) is 54.3. The van der Waals surface area contributed by atoms with Crippen molar-refractivity contribution in [3.8, 4) is 0 Å². The Morgan fingerprint density at radius 2 is 0.916 bits per heavy atom. The second-order valence-corrected chi connectivity index (χ2v) is 36.4. The highest BCUT2D eigenvalue weighted by Crippen LogP contribution is 2.29. The van der Waals surface area contributed by atoms with Crippen molar-refractivity contribution in [2.75, 3.05) is 58.0 Å². The lowest BCUT2D eigenvalue weighted by atomic mass is 10.0. The van der Waals surface area contributed by atoms with Gasteiger partial charge in [0.2, 0.25) is 9.23 Å². The third-order valence-corrected chi connectivity index (χ3v) is 23.4. The Morgan fingerprint density at radius 3 is 1.28 bits per heavy atom. The third-order valence-electron chi connectivity index (χ3n) is 16.4. The molecule has 0 unspecified atom stereocenters. The minimum atomic E-state index is -4.07. The molecule has 26 nitrogen and oxygen atoms in total. The molecule has 1 amide bonds. The van der Waals surface area contributed by atoms with Crippen molar-refractivity contribution < 1.29 is 80.5 Å². The number of nitrogens with one attached hydrogen (secondary N) is 2. The van der Waals surface area contributed by atoms with E-state index in [0.29, 0.717) is 25.2 Å². The van der Waals surface area contributed by atoms with Gasteiger partial charge in [-0.1, -0.05) is 138 Å². The van der Waals surface area contributed by atoms with Gasteiger partial charge < -0.3 is 25.4 Å². The quantitative estimate of drug-likeness (QED) is 0.0285. The van der Waals surface area contributed by atoms with Gasteiger partial charge in [0, 0.05) is 124 Å². The Bertz CT molecular complexity index is 5080. The van der Waals surface area contributed by atoms with Gasteiger partial charge in [-0.05, 0) is 196 Å². The molecule has 9 aromatic rings. The molecule has 5 N–H and O–H groups in total. The largest absolute Gasteiger partial charge is 0.465 e. The first-order valence-electron chi connectivity index (χ1n) is 35.4. The number of aromatic nitrogens is 5. The van der Waals surface area contributed by atoms with Crippen molar-refractivity contribution in [2.24, 2.45) is 0 Å². The summed E-state index contributed by atoms with van der Waals surface area (Å²) in [7, 11) is -4.86. The van der Waals surface area contributed by atoms with E-state index in [1.165, 1.54) is 137 Å². The molecule has 7 heterocycles. The fourth-order valence-electron chi connectivity index (χ4n) is 10.5. The molecule has 0 spiro atoms. The Labute approximate surface area is 728 Å². The molecule has 2 aliphatic rings. The monoisotopic (exact) mass is 1850 g/mol. The van der Waals surface area contributed by atoms with Crippen LogP contribution in [0.3, 0.4) is 0 Å². The number of nitrogens with two attached hydrogens (primary N) is 1. The van der Waals surface area contributed by atoms with Gasteiger partial charge in [-0.15, -0.1) is 0 Å². The number of benzene rings is 4. The number of sulfonamides is 1. The molecule has 2 fully saturated rings. The number of para-hydroxylation sites is 2. The van der Waals surface area contributed by atoms with Crippen molar-refractivity contribution in [1.82, 2.24) is 35.1 Å². The second-order valence-electron chi connectivity index (χ2n) is 24.0. The van der Waals surface area contributed by atoms with Crippen LogP contribution in [0.25, 0.3) is 0 Å². The second kappa shape index (κ2) is 60.1. The predicted molar refractivity (Wildman–Crippen MR) is 481 cm³/mol. The van der Waals surface area contributed by atoms with Crippen LogP contribution in [0.5, 0.6) is 0 Å². The fraction of sp³-hybridized carbons (Fsp3) is 0.366. The van der Waals surface area contributed by atoms with Gasteiger partial charge in [-0.2, -0.15) is 8.42 Å². The first-order valence-corrected chi connectivity index (χ1v) is 46.5. The first-order chi connectivity index (χ1) is 54.3. The van der Waals surface area contributed by atoms with Crippen LogP contribution >= 0.6 is 43.6 Å². The minimum absolute atomic E-state index is 0. The van der Waals surface area contributed by atoms with Gasteiger partial charge in [0.05, 0.1) is 60.9 Å². The number of aryl methyl sites for hydroxylation is 8. The van der Waals surface area contributed by atoms with E-state index in [0.717, 1.165) is 88.5 Å². The van der Waals surface area contributed by atoms with Crippen LogP contribution in [-0.2, 0) is 105 Å². The number of rotatable bonds is 17. The molecule has 0 atom stereocenters. The third kappa shape index (κ3) is 41.6. The molecular formula is C82H116Cl4FN9O17S6. The number of halogens is 5. The highest BCUT2D eigenvalue weighted by Gasteiger charge is 2.29. The van der Waals surface area contributed by atoms with Gasteiger partial charge in [-0.25, -0.2) is 47.5 Å². The number of hydrogen-bond acceptors (Lipinski definition) is 23. The van der Waals surface area contributed by atoms with E-state index >= 15 is 0 Å². The summed E-state index contributed by atoms with van der Waals surface area (Å²) >= 11 is 4.60. The molecule has 0 bridgehead atoms. The van der Waals surface area contributed by atoms with E-state index in [-0.39, 0.29) is 90.2 Å². The zero-order valence-corrected chi connectivity index (χ0v) is 72.4. The number of anilines is 2. The number of alkyl halides is 1. The SMILES string of the molecule is C.C.C.C.C.C1CCNC1.CCc1cccc(C)c1CS(=O)(=O)c1cccnc1.CCc1cccc(C)c1CS(=O)(=O)c1cnccc1C(=O)OC.CCc1cccc(C)c1N.CCc1cccc(C)c1NS(=O)(=O)c1cnccc1C(=O)N1CCCC1.COC(=O)Cl.O=S(=O)(Cl)c1cccnc1.O=S(=O)(O)c1cccnc1.O=S(Cl)Cl.[2H]CF. The maximum Gasteiger partial charge on any atom is 0.403 e. The van der Waals surface area contributed by atoms with Gasteiger partial charge in [0.25, 0.3) is 35.1 Å². The number of carbonyl (C=O) groups excluding carboxylic acids is 3. The van der Waals surface area contributed by atoms with E-state index in [2.05, 4.69) is 90.4 Å². The highest BCUT2D eigenvalue weighted by atomic mass is 36.0. The summed E-state index contributed by atoms with van der Waals surface area (Å²) in [5.41, 5.74) is 16.6. The molecule has 5 aromatic heterocycles. The molecule has 11 rings (SSSR count). The number of amides is 1. The number of sulfone groups is 2. The van der Waals surface area contributed by atoms with Crippen LogP contribution in [0.1, 0.15) is 168 Å². The number of carbonyl (C=O) groups is 3. The predicted octanol–water partition coefficient (Wildman–Crippen LogP) is 18.3. The van der Waals surface area contributed by atoms with Crippen LogP contribution in [0, 0.1) is 27.7 Å². The smallest absolute Gasteiger partial charge is 0.403 e. The molecule has 0 saturated carbocycles. The lowest BCUT2D eigenvalue weighted by Crippen LogP contribution is -2.30. The number of nitrogens with zero attached hydrogens (tertiary/aromatic N) is 6. The van der Waals surface area contributed by atoms with Crippen molar-refractivity contribution in [1.29, 1.82) is 0 Å². The number of likely N-dealkylation sites (tertiary alicyclic amines) is 1. The zero-order valence-electron chi connectivity index (χ0n) is 65.5. The number of hydrogen-bond donors (Lipinski definition) is 4. The van der Waals surface area contributed by atoms with E-state index < -0.39 is 76.6 Å². The number of methoxy groups -OCH3 is 2. The number of nitrogen functional groups attached to an aromatic ring is 1. The van der Waals surface area contributed by atoms with E-state index in [1.54, 1.807) is 23.2 Å². The van der Waals surface area contributed by atoms with Gasteiger partial charge in [0.1, 0.15) is 14.7 Å². The van der Waals surface area contributed by atoms with Gasteiger partial charge >= 0.3 is 11.4 Å². The number of ether oxygens (including phenoxy) is 2. The molecule has 4 aromatic carbocycles. The summed E-state index contributed by atoms with van der Waals surface area (Å²) in [6, 6.07) is 35.1. The van der Waals surface area contributed by atoms with Crippen LogP contribution in [0.2, 0.25) is 0 Å². The molecule has 0 aliphatic carbocycles. The summed E-state index contributed by atoms with van der Waals surface area (Å²) in [6.45, 7) is 19.7. The molecule has 37 heteroatoms. The number of esters is 1. The normalized spacial score (nSPS) is 11.6. The molecule has 2 saturated heterocycles. The van der Waals surface area contributed by atoms with Crippen molar-refractivity contribution >= 4 is 130 Å². The molecule has 2 aliphatic heterocycles. The average molecular weight is 1850 g/mol. The minimum Gasteiger partial charge on any atom is -0.465 e. The zero-order chi connectivity index (χ0) is 86.5. The lowest BCUT2D eigenvalue weighted by Gasteiger charge is -2.19. The van der Waals surface area contributed by atoms with Crippen molar-refractivity contribution in [3.05, 3.63) is 250 Å². The Morgan fingerprint density at radius 1 is 0.538 bits per heavy atom. The molecule has 119 heavy (non-hydrogen) atoms. The van der Waals surface area contributed by atoms with Crippen molar-refractivity contribution in [2.45, 2.75) is 180 Å². The molecule has 0 radical (unpaired) electrons. The summed E-state index contributed by atoms with van der Waals surface area (Å²) in [5, 5.41) is 3.22. The highest BCUT2D eigenvalue weighted by molar-refractivity contribution is 8.26. The Hall–Kier alpha value is -8.45. The lowest BCUT2D eigenvalue weighted by molar-refractivity contribution is 0.0595. The first kappa shape index (κ1) is 115. The van der Waals surface area contributed by atoms with Crippen LogP contribution in [0.4, 0.5) is 20.6 Å². The maximum atomic E-state index is 13.0. The standard InChI is InChI=1S/C19H23N3O3S.C17H19NO4S.C15H17NO2S.C9H13N.C5H4ClNO2S.C5H5NO3S.C4H9N.C2H3ClO2.CH3F.5CH4.Cl2OS/c1-3-15-8-6-7-14(2)18(15)21-26(24,25)17-13-20-10-9-16(17)19(23)22-11-4-5-12-22;1-4-13-7-5-6-12(2)15(13)11-23(20,21)16-10-18-9-8-14(16)17(19)22-3;1-3-13-7-4-6-12(2)15(13)11-19(17,18)14-8-5-9-16-10-14;1-3-8-6-4-5-7(2)9(8)10;6-10(8,9)5-2-1-3-7-4-5;7-10(8,9)5-2-1-3-6-4-5;1-2-4-5-3-1;1-5-2(3)4;1-2;;;;;;1-4(2)3/h6-10,13,21H,3-5,11-12H2,1-2H3;5-10H,4,11H2,1-3H3;4-10H,3,11H2,1-2H3;4-6H,3,10H2,1-2H3;1-4H;1-4H,(H,7,8,9);5H,1-4H2;1H3;1H3;5*1H4;/i;;;;;;;;1D;;;;;;. The van der Waals surface area contributed by atoms with Crippen LogP contribution in [-0.4, -0.2) is 146 Å². The fourth-order valence-corrected chi connectivity index (χ4v) is 16.1. The van der Waals surface area contributed by atoms with E-state index in [1.807, 2.05) is 115 Å². The van der Waals surface area contributed by atoms with Gasteiger partial charge in [0.15, 0.2) is 19.7 Å². The van der Waals surface area contributed by atoms with Crippen LogP contribution < -0.4 is 15.8 Å². The summed E-state index contributed by atoms with van der Waals surface area (Å²) in [5.74, 6) is -1.08.